The number of sulfone groups is 1. The Kier molecular flexibility index (Phi) is 5.49. The summed E-state index contributed by atoms with van der Waals surface area (Å²) in [4.78, 5) is 0. The van der Waals surface area contributed by atoms with Gasteiger partial charge in [-0.1, -0.05) is 26.2 Å². The highest BCUT2D eigenvalue weighted by Crippen LogP contribution is 2.38. The molecule has 0 aromatic heterocycles. The van der Waals surface area contributed by atoms with Crippen molar-refractivity contribution in [2.45, 2.75) is 69.6 Å². The number of hydrogen-bond acceptors (Lipinski definition) is 4. The molecule has 4 nitrogen and oxygen atoms in total. The lowest BCUT2D eigenvalue weighted by molar-refractivity contribution is 0.153. The highest BCUT2D eigenvalue weighted by Gasteiger charge is 2.37. The Labute approximate surface area is 123 Å². The number of hydrazine groups is 1. The van der Waals surface area contributed by atoms with E-state index in [2.05, 4.69) is 12.3 Å². The van der Waals surface area contributed by atoms with E-state index in [4.69, 9.17) is 5.84 Å². The highest BCUT2D eigenvalue weighted by molar-refractivity contribution is 7.91. The summed E-state index contributed by atoms with van der Waals surface area (Å²) < 4.78 is 23.6. The van der Waals surface area contributed by atoms with Crippen LogP contribution in [-0.4, -0.2) is 26.0 Å². The molecule has 0 bridgehead atoms. The summed E-state index contributed by atoms with van der Waals surface area (Å²) in [6.07, 6.45) is 10.2. The van der Waals surface area contributed by atoms with Gasteiger partial charge in [0.15, 0.2) is 0 Å². The molecule has 0 amide bonds. The van der Waals surface area contributed by atoms with Gasteiger partial charge in [-0.25, -0.2) is 8.42 Å². The molecule has 0 saturated heterocycles. The van der Waals surface area contributed by atoms with Crippen LogP contribution in [0.25, 0.3) is 0 Å². The fraction of sp³-hybridized carbons (Fsp3) is 1.00. The molecule has 0 aliphatic heterocycles. The molecule has 2 aliphatic rings. The van der Waals surface area contributed by atoms with Crippen molar-refractivity contribution < 1.29 is 8.42 Å². The SMILES string of the molecule is CC1CCCC(C(NN)C2CCCC(S(C)(=O)=O)C2)C1. The zero-order chi connectivity index (χ0) is 14.8. The Morgan fingerprint density at radius 1 is 1.05 bits per heavy atom. The Bertz CT molecular complexity index is 410. The van der Waals surface area contributed by atoms with Crippen LogP contribution in [0.3, 0.4) is 0 Å². The predicted molar refractivity (Wildman–Crippen MR) is 82.8 cm³/mol. The Hall–Kier alpha value is -0.130. The van der Waals surface area contributed by atoms with Crippen LogP contribution in [0.15, 0.2) is 0 Å². The minimum atomic E-state index is -2.91. The largest absolute Gasteiger partial charge is 0.271 e. The van der Waals surface area contributed by atoms with Crippen molar-refractivity contribution in [1.82, 2.24) is 5.43 Å². The first kappa shape index (κ1) is 16.2. The van der Waals surface area contributed by atoms with Crippen molar-refractivity contribution in [1.29, 1.82) is 0 Å². The van der Waals surface area contributed by atoms with Gasteiger partial charge in [-0.15, -0.1) is 0 Å². The maximum atomic E-state index is 11.8. The number of rotatable bonds is 4. The van der Waals surface area contributed by atoms with Gasteiger partial charge in [0.2, 0.25) is 0 Å². The number of hydrogen-bond donors (Lipinski definition) is 2. The van der Waals surface area contributed by atoms with Crippen molar-refractivity contribution in [2.75, 3.05) is 6.26 Å². The van der Waals surface area contributed by atoms with E-state index in [0.717, 1.165) is 31.6 Å². The molecule has 0 radical (unpaired) electrons. The summed E-state index contributed by atoms with van der Waals surface area (Å²) >= 11 is 0. The number of nitrogens with one attached hydrogen (secondary N) is 1. The third-order valence-corrected chi connectivity index (χ3v) is 7.10. The predicted octanol–water partition coefficient (Wildman–Crippen LogP) is 2.25. The monoisotopic (exact) mass is 302 g/mol. The first-order valence-corrected chi connectivity index (χ1v) is 10.0. The van der Waals surface area contributed by atoms with Crippen molar-refractivity contribution in [2.24, 2.45) is 23.6 Å². The first-order chi connectivity index (χ1) is 9.41. The molecule has 5 atom stereocenters. The fourth-order valence-corrected chi connectivity index (χ4v) is 5.55. The molecule has 0 aromatic rings. The molecule has 0 heterocycles. The summed E-state index contributed by atoms with van der Waals surface area (Å²) in [6, 6.07) is 0.294. The van der Waals surface area contributed by atoms with Gasteiger partial charge in [0, 0.05) is 12.3 Å². The van der Waals surface area contributed by atoms with E-state index in [1.807, 2.05) is 0 Å². The average Bonchev–Trinajstić information content (AvgIpc) is 2.39. The third kappa shape index (κ3) is 3.95. The van der Waals surface area contributed by atoms with E-state index >= 15 is 0 Å². The summed E-state index contributed by atoms with van der Waals surface area (Å²) in [6.45, 7) is 2.32. The second-order valence-corrected chi connectivity index (χ2v) is 9.43. The van der Waals surface area contributed by atoms with Gasteiger partial charge < -0.3 is 0 Å². The van der Waals surface area contributed by atoms with Gasteiger partial charge in [-0.3, -0.25) is 11.3 Å². The quantitative estimate of drug-likeness (QED) is 0.617. The average molecular weight is 302 g/mol. The zero-order valence-electron chi connectivity index (χ0n) is 12.8. The lowest BCUT2D eigenvalue weighted by atomic mass is 9.71. The summed E-state index contributed by atoms with van der Waals surface area (Å²) in [5.41, 5.74) is 3.04. The molecule has 2 saturated carbocycles. The van der Waals surface area contributed by atoms with E-state index in [1.165, 1.54) is 31.9 Å². The van der Waals surface area contributed by atoms with Gasteiger partial charge in [-0.05, 0) is 49.9 Å². The summed E-state index contributed by atoms with van der Waals surface area (Å²) in [5.74, 6) is 7.65. The van der Waals surface area contributed by atoms with Crippen LogP contribution in [0.5, 0.6) is 0 Å². The van der Waals surface area contributed by atoms with Crippen LogP contribution in [0.2, 0.25) is 0 Å². The van der Waals surface area contributed by atoms with Gasteiger partial charge in [0.25, 0.3) is 0 Å². The molecule has 2 aliphatic carbocycles. The van der Waals surface area contributed by atoms with Crippen molar-refractivity contribution in [3.63, 3.8) is 0 Å². The molecular weight excluding hydrogens is 272 g/mol. The van der Waals surface area contributed by atoms with Crippen molar-refractivity contribution in [3.05, 3.63) is 0 Å². The minimum absolute atomic E-state index is 0.155. The second-order valence-electron chi connectivity index (χ2n) is 7.10. The summed E-state index contributed by atoms with van der Waals surface area (Å²) in [7, 11) is -2.91. The summed E-state index contributed by atoms with van der Waals surface area (Å²) in [5, 5.41) is -0.155. The van der Waals surface area contributed by atoms with Crippen LogP contribution in [0.1, 0.15) is 58.3 Å². The Morgan fingerprint density at radius 3 is 2.20 bits per heavy atom. The maximum Gasteiger partial charge on any atom is 0.150 e. The van der Waals surface area contributed by atoms with Gasteiger partial charge >= 0.3 is 0 Å². The topological polar surface area (TPSA) is 72.2 Å². The number of nitrogens with two attached hydrogens (primary N) is 1. The fourth-order valence-electron chi connectivity index (χ4n) is 4.36. The van der Waals surface area contributed by atoms with Crippen LogP contribution in [-0.2, 0) is 9.84 Å². The van der Waals surface area contributed by atoms with Crippen LogP contribution < -0.4 is 11.3 Å². The molecular formula is C15H30N2O2S. The van der Waals surface area contributed by atoms with E-state index in [9.17, 15) is 8.42 Å². The molecule has 0 aromatic carbocycles. The maximum absolute atomic E-state index is 11.8. The molecule has 118 valence electrons. The molecule has 3 N–H and O–H groups in total. The van der Waals surface area contributed by atoms with Crippen molar-refractivity contribution in [3.8, 4) is 0 Å². The van der Waals surface area contributed by atoms with Crippen LogP contribution >= 0.6 is 0 Å². The van der Waals surface area contributed by atoms with E-state index in [0.29, 0.717) is 17.9 Å². The lowest BCUT2D eigenvalue weighted by Crippen LogP contribution is -2.49. The Balaban J connectivity index is 2.03. The molecule has 2 fully saturated rings. The zero-order valence-corrected chi connectivity index (χ0v) is 13.7. The van der Waals surface area contributed by atoms with E-state index < -0.39 is 9.84 Å². The van der Waals surface area contributed by atoms with E-state index in [1.54, 1.807) is 0 Å². The molecule has 2 rings (SSSR count). The highest BCUT2D eigenvalue weighted by atomic mass is 32.2. The van der Waals surface area contributed by atoms with Crippen LogP contribution in [0.4, 0.5) is 0 Å². The van der Waals surface area contributed by atoms with Crippen molar-refractivity contribution >= 4 is 9.84 Å². The molecule has 0 spiro atoms. The second kappa shape index (κ2) is 6.75. The first-order valence-electron chi connectivity index (χ1n) is 8.06. The van der Waals surface area contributed by atoms with Crippen LogP contribution in [0, 0.1) is 17.8 Å². The molecule has 5 heteroatoms. The minimum Gasteiger partial charge on any atom is -0.271 e. The van der Waals surface area contributed by atoms with Gasteiger partial charge in [0.05, 0.1) is 5.25 Å². The lowest BCUT2D eigenvalue weighted by Gasteiger charge is -2.40. The normalized spacial score (nSPS) is 37.5. The Morgan fingerprint density at radius 2 is 1.65 bits per heavy atom. The van der Waals surface area contributed by atoms with E-state index in [-0.39, 0.29) is 5.25 Å². The smallest absolute Gasteiger partial charge is 0.150 e. The standard InChI is InChI=1S/C15H30N2O2S/c1-11-5-3-6-12(9-11)15(17-16)13-7-4-8-14(10-13)20(2,18)19/h11-15,17H,3-10,16H2,1-2H3. The van der Waals surface area contributed by atoms with Gasteiger partial charge in [-0.2, -0.15) is 0 Å². The molecule has 20 heavy (non-hydrogen) atoms. The van der Waals surface area contributed by atoms with Gasteiger partial charge in [0.1, 0.15) is 9.84 Å². The third-order valence-electron chi connectivity index (χ3n) is 5.46. The molecule has 5 unspecified atom stereocenters.